The summed E-state index contributed by atoms with van der Waals surface area (Å²) in [6, 6.07) is 13.7. The van der Waals surface area contributed by atoms with Gasteiger partial charge in [0.2, 0.25) is 5.91 Å². The van der Waals surface area contributed by atoms with Crippen LogP contribution in [0.2, 0.25) is 0 Å². The number of ether oxygens (including phenoxy) is 1. The van der Waals surface area contributed by atoms with Crippen molar-refractivity contribution in [2.75, 3.05) is 24.7 Å². The lowest BCUT2D eigenvalue weighted by molar-refractivity contribution is -0.118. The van der Waals surface area contributed by atoms with E-state index in [0.29, 0.717) is 18.0 Å². The summed E-state index contributed by atoms with van der Waals surface area (Å²) in [5.41, 5.74) is 1.71. The maximum absolute atomic E-state index is 12.5. The molecule has 1 unspecified atom stereocenters. The fourth-order valence-corrected chi connectivity index (χ4v) is 4.13. The van der Waals surface area contributed by atoms with Crippen molar-refractivity contribution >= 4 is 33.8 Å². The van der Waals surface area contributed by atoms with Gasteiger partial charge in [-0.1, -0.05) is 26.0 Å². The molecule has 0 radical (unpaired) electrons. The van der Waals surface area contributed by atoms with Crippen LogP contribution in [0.1, 0.15) is 19.4 Å². The number of halogens is 1. The second kappa shape index (κ2) is 11.0. The maximum atomic E-state index is 12.5. The van der Waals surface area contributed by atoms with Crippen LogP contribution in [-0.4, -0.2) is 33.7 Å². The van der Waals surface area contributed by atoms with Crippen molar-refractivity contribution in [3.05, 3.63) is 54.1 Å². The van der Waals surface area contributed by atoms with Crippen LogP contribution in [0.15, 0.2) is 53.4 Å². The lowest BCUT2D eigenvalue weighted by Gasteiger charge is -2.14. The minimum Gasteiger partial charge on any atom is -0.497 e. The lowest BCUT2D eigenvalue weighted by Crippen LogP contribution is -2.27. The Bertz CT molecular complexity index is 870. The molecule has 0 aliphatic rings. The van der Waals surface area contributed by atoms with Crippen LogP contribution in [0.5, 0.6) is 5.75 Å². The molecule has 0 aliphatic carbocycles. The highest BCUT2D eigenvalue weighted by Crippen LogP contribution is 2.19. The molecule has 28 heavy (non-hydrogen) atoms. The number of benzene rings is 2. The van der Waals surface area contributed by atoms with Gasteiger partial charge in [-0.2, -0.15) is 0 Å². The zero-order valence-corrected chi connectivity index (χ0v) is 17.9. The van der Waals surface area contributed by atoms with Crippen LogP contribution in [0.3, 0.4) is 0 Å². The van der Waals surface area contributed by atoms with E-state index in [9.17, 15) is 13.2 Å². The van der Waals surface area contributed by atoms with Crippen molar-refractivity contribution in [1.82, 2.24) is 5.32 Å². The van der Waals surface area contributed by atoms with Crippen molar-refractivity contribution in [2.45, 2.75) is 25.3 Å². The molecule has 0 spiro atoms. The van der Waals surface area contributed by atoms with Gasteiger partial charge in [0, 0.05) is 18.2 Å². The van der Waals surface area contributed by atoms with E-state index in [1.54, 1.807) is 25.1 Å². The molecule has 1 atom stereocenters. The highest BCUT2D eigenvalue weighted by Gasteiger charge is 2.23. The first kappa shape index (κ1) is 23.9. The molecule has 8 heteroatoms. The molecule has 0 saturated heterocycles. The van der Waals surface area contributed by atoms with Gasteiger partial charge in [-0.3, -0.25) is 4.79 Å². The van der Waals surface area contributed by atoms with Crippen LogP contribution in [0, 0.1) is 5.92 Å². The van der Waals surface area contributed by atoms with E-state index in [1.807, 2.05) is 25.1 Å². The summed E-state index contributed by atoms with van der Waals surface area (Å²) in [5, 5.41) is 6.02. The summed E-state index contributed by atoms with van der Waals surface area (Å²) in [7, 11) is -2.05. The van der Waals surface area contributed by atoms with Crippen molar-refractivity contribution in [2.24, 2.45) is 5.92 Å². The number of anilines is 1. The van der Waals surface area contributed by atoms with E-state index in [-0.39, 0.29) is 29.0 Å². The molecule has 0 saturated carbocycles. The molecule has 6 nitrogen and oxygen atoms in total. The number of hydrogen-bond donors (Lipinski definition) is 2. The predicted octanol–water partition coefficient (Wildman–Crippen LogP) is 3.28. The van der Waals surface area contributed by atoms with Crippen molar-refractivity contribution < 1.29 is 17.9 Å². The Kier molecular flexibility index (Phi) is 9.45. The van der Waals surface area contributed by atoms with Crippen LogP contribution >= 0.6 is 12.4 Å². The van der Waals surface area contributed by atoms with Crippen LogP contribution in [-0.2, 0) is 21.2 Å². The monoisotopic (exact) mass is 426 g/mol. The fourth-order valence-electron chi connectivity index (χ4n) is 2.58. The van der Waals surface area contributed by atoms with Crippen LogP contribution in [0.4, 0.5) is 5.69 Å². The Balaban J connectivity index is 0.00000392. The predicted molar refractivity (Wildman–Crippen MR) is 114 cm³/mol. The Hall–Kier alpha value is -2.09. The largest absolute Gasteiger partial charge is 0.497 e. The van der Waals surface area contributed by atoms with Gasteiger partial charge in [-0.25, -0.2) is 8.42 Å². The van der Waals surface area contributed by atoms with E-state index < -0.39 is 15.8 Å². The molecule has 0 aromatic heterocycles. The molecule has 0 fully saturated rings. The first-order chi connectivity index (χ1) is 12.9. The number of nitrogens with one attached hydrogen (secondary N) is 2. The van der Waals surface area contributed by atoms with Gasteiger partial charge in [0.1, 0.15) is 5.75 Å². The molecule has 1 amide bonds. The number of carbonyl (C=O) groups excluding carboxylic acids is 1. The Morgan fingerprint density at radius 3 is 2.43 bits per heavy atom. The van der Waals surface area contributed by atoms with Crippen molar-refractivity contribution in [3.63, 3.8) is 0 Å². The van der Waals surface area contributed by atoms with Gasteiger partial charge in [0.05, 0.1) is 17.8 Å². The van der Waals surface area contributed by atoms with Gasteiger partial charge in [0.15, 0.2) is 9.84 Å². The number of carbonyl (C=O) groups is 1. The van der Waals surface area contributed by atoms with Gasteiger partial charge < -0.3 is 15.4 Å². The summed E-state index contributed by atoms with van der Waals surface area (Å²) in [5.74, 6) is -0.693. The Morgan fingerprint density at radius 1 is 1.14 bits per heavy atom. The highest BCUT2D eigenvalue weighted by molar-refractivity contribution is 7.91. The van der Waals surface area contributed by atoms with Crippen LogP contribution in [0.25, 0.3) is 0 Å². The molecule has 0 heterocycles. The average molecular weight is 427 g/mol. The second-order valence-corrected chi connectivity index (χ2v) is 8.36. The minimum atomic E-state index is -3.57. The van der Waals surface area contributed by atoms with Crippen molar-refractivity contribution in [3.8, 4) is 5.75 Å². The lowest BCUT2D eigenvalue weighted by atomic mass is 10.1. The van der Waals surface area contributed by atoms with Gasteiger partial charge >= 0.3 is 0 Å². The standard InChI is InChI=1S/C20H26N2O4S.ClH/c1-4-21-13-16-6-5-7-17(12-16)22-20(23)15(2)14-27(24,25)19-10-8-18(26-3)9-11-19;/h5-12,15,21H,4,13-14H2,1-3H3,(H,22,23);1H. The SMILES string of the molecule is CCNCc1cccc(NC(=O)C(C)CS(=O)(=O)c2ccc(OC)cc2)c1.Cl. The smallest absolute Gasteiger partial charge is 0.228 e. The summed E-state index contributed by atoms with van der Waals surface area (Å²) in [6.45, 7) is 5.20. The van der Waals surface area contributed by atoms with Gasteiger partial charge in [-0.05, 0) is 48.5 Å². The molecular weight excluding hydrogens is 400 g/mol. The summed E-state index contributed by atoms with van der Waals surface area (Å²) in [4.78, 5) is 12.6. The molecule has 2 N–H and O–H groups in total. The third-order valence-electron chi connectivity index (χ3n) is 4.11. The molecule has 2 aromatic rings. The summed E-state index contributed by atoms with van der Waals surface area (Å²) in [6.07, 6.45) is 0. The Labute approximate surface area is 173 Å². The zero-order valence-electron chi connectivity index (χ0n) is 16.3. The van der Waals surface area contributed by atoms with E-state index in [1.165, 1.54) is 19.2 Å². The molecule has 154 valence electrons. The van der Waals surface area contributed by atoms with E-state index >= 15 is 0 Å². The number of sulfone groups is 1. The molecular formula is C20H27ClN2O4S. The summed E-state index contributed by atoms with van der Waals surface area (Å²) >= 11 is 0. The second-order valence-electron chi connectivity index (χ2n) is 6.33. The highest BCUT2D eigenvalue weighted by atomic mass is 35.5. The summed E-state index contributed by atoms with van der Waals surface area (Å²) < 4.78 is 30.1. The first-order valence-electron chi connectivity index (χ1n) is 8.83. The van der Waals surface area contributed by atoms with Crippen LogP contribution < -0.4 is 15.4 Å². The van der Waals surface area contributed by atoms with Gasteiger partial charge in [0.25, 0.3) is 0 Å². The van der Waals surface area contributed by atoms with Crippen molar-refractivity contribution in [1.29, 1.82) is 0 Å². The number of rotatable bonds is 9. The van der Waals surface area contributed by atoms with E-state index in [2.05, 4.69) is 10.6 Å². The fraction of sp³-hybridized carbons (Fsp3) is 0.350. The number of hydrogen-bond acceptors (Lipinski definition) is 5. The third kappa shape index (κ3) is 6.82. The molecule has 2 rings (SSSR count). The third-order valence-corrected chi connectivity index (χ3v) is 6.04. The normalized spacial score (nSPS) is 12.0. The zero-order chi connectivity index (χ0) is 19.9. The average Bonchev–Trinajstić information content (AvgIpc) is 2.66. The first-order valence-corrected chi connectivity index (χ1v) is 10.5. The maximum Gasteiger partial charge on any atom is 0.228 e. The molecule has 2 aromatic carbocycles. The van der Waals surface area contributed by atoms with E-state index in [0.717, 1.165) is 12.1 Å². The molecule has 0 bridgehead atoms. The number of methoxy groups -OCH3 is 1. The molecule has 0 aliphatic heterocycles. The minimum absolute atomic E-state index is 0. The van der Waals surface area contributed by atoms with E-state index in [4.69, 9.17) is 4.74 Å². The Morgan fingerprint density at radius 2 is 1.82 bits per heavy atom. The quantitative estimate of drug-likeness (QED) is 0.642. The number of amides is 1. The van der Waals surface area contributed by atoms with Gasteiger partial charge in [-0.15, -0.1) is 12.4 Å². The topological polar surface area (TPSA) is 84.5 Å².